The van der Waals surface area contributed by atoms with E-state index in [1.54, 1.807) is 22.9 Å². The van der Waals surface area contributed by atoms with Crippen molar-refractivity contribution in [2.24, 2.45) is 50.7 Å². The van der Waals surface area contributed by atoms with E-state index >= 15 is 0 Å². The fourth-order valence-electron chi connectivity index (χ4n) is 15.8. The Hall–Kier alpha value is -5.66. The van der Waals surface area contributed by atoms with E-state index in [1.807, 2.05) is 105 Å². The number of benzene rings is 1. The second-order valence-electron chi connectivity index (χ2n) is 29.0. The first-order chi connectivity index (χ1) is 43.4. The van der Waals surface area contributed by atoms with Crippen molar-refractivity contribution < 1.29 is 67.8 Å². The number of aryl methyl sites for hydroxylation is 2. The highest BCUT2D eigenvalue weighted by Gasteiger charge is 2.70. The molecule has 0 unspecified atom stereocenters. The van der Waals surface area contributed by atoms with Gasteiger partial charge in [-0.2, -0.15) is 0 Å². The Morgan fingerprint density at radius 3 is 2.13 bits per heavy atom. The number of ether oxygens (including phenoxy) is 4. The maximum Gasteiger partial charge on any atom is 0.246 e. The van der Waals surface area contributed by atoms with Crippen LogP contribution in [-0.4, -0.2) is 178 Å². The van der Waals surface area contributed by atoms with E-state index in [0.29, 0.717) is 108 Å². The molecule has 3 fully saturated rings. The zero-order valence-electron chi connectivity index (χ0n) is 56.3. The summed E-state index contributed by atoms with van der Waals surface area (Å²) in [7, 11) is 0. The van der Waals surface area contributed by atoms with E-state index in [-0.39, 0.29) is 111 Å². The second kappa shape index (κ2) is 30.4. The minimum atomic E-state index is -0.959. The van der Waals surface area contributed by atoms with E-state index in [1.165, 1.54) is 4.90 Å². The van der Waals surface area contributed by atoms with Gasteiger partial charge in [-0.05, 0) is 91.2 Å². The molecule has 2 aromatic heterocycles. The van der Waals surface area contributed by atoms with Gasteiger partial charge in [-0.25, -0.2) is 9.67 Å². The lowest BCUT2D eigenvalue weighted by Crippen LogP contribution is -2.60. The summed E-state index contributed by atoms with van der Waals surface area (Å²) in [6.07, 6.45) is 2.44. The number of hydrogen-bond donors (Lipinski definition) is 6. The van der Waals surface area contributed by atoms with Crippen molar-refractivity contribution in [2.45, 2.75) is 197 Å². The summed E-state index contributed by atoms with van der Waals surface area (Å²) in [6.45, 7) is 26.6. The number of aliphatic hydroxyl groups is 3. The maximum atomic E-state index is 14.4. The number of hydrogen-bond acceptors (Lipinski definition) is 18. The van der Waals surface area contributed by atoms with Crippen LogP contribution in [0, 0.1) is 57.7 Å². The third-order valence-corrected chi connectivity index (χ3v) is 22.2. The fraction of sp³-hybridized carbons (Fsp3) is 0.710. The average molecular weight is 1300 g/mol. The largest absolute Gasteiger partial charge is 0.392 e. The highest BCUT2D eigenvalue weighted by atomic mass is 32.1. The van der Waals surface area contributed by atoms with Crippen LogP contribution in [0.1, 0.15) is 163 Å². The Kier molecular flexibility index (Phi) is 23.8. The molecule has 6 N–H and O–H groups in total. The van der Waals surface area contributed by atoms with Crippen molar-refractivity contribution in [3.05, 3.63) is 64.1 Å². The van der Waals surface area contributed by atoms with Crippen molar-refractivity contribution in [3.63, 3.8) is 0 Å². The number of Topliss-reactive ketones (excluding diaryl/α,β-unsaturated/α-hetero) is 3. The van der Waals surface area contributed by atoms with Crippen LogP contribution in [0.2, 0.25) is 0 Å². The first-order valence-corrected chi connectivity index (χ1v) is 34.1. The Morgan fingerprint density at radius 1 is 0.837 bits per heavy atom. The Morgan fingerprint density at radius 2 is 1.49 bits per heavy atom. The van der Waals surface area contributed by atoms with E-state index < -0.39 is 69.3 Å². The number of likely N-dealkylation sites (tertiary alicyclic amines) is 1. The molecule has 0 radical (unpaired) electrons. The number of aromatic nitrogens is 4. The van der Waals surface area contributed by atoms with Crippen LogP contribution in [0.15, 0.2) is 47.1 Å². The van der Waals surface area contributed by atoms with Gasteiger partial charge < -0.3 is 55.1 Å². The number of carbonyl (C=O) groups is 7. The molecule has 22 nitrogen and oxygen atoms in total. The molecule has 4 amide bonds. The van der Waals surface area contributed by atoms with Gasteiger partial charge in [0.2, 0.25) is 23.6 Å². The molecular formula is C69H102N8O14S. The zero-order chi connectivity index (χ0) is 67.1. The summed E-state index contributed by atoms with van der Waals surface area (Å²) in [5.41, 5.74) is 3.13. The summed E-state index contributed by atoms with van der Waals surface area (Å²) in [4.78, 5) is 102. The van der Waals surface area contributed by atoms with Gasteiger partial charge in [0.25, 0.3) is 0 Å². The quantitative estimate of drug-likeness (QED) is 0.0368. The van der Waals surface area contributed by atoms with Crippen molar-refractivity contribution in [2.75, 3.05) is 65.9 Å². The number of ketones is 3. The van der Waals surface area contributed by atoms with Crippen LogP contribution < -0.4 is 16.0 Å². The molecular weight excluding hydrogens is 1200 g/mol. The van der Waals surface area contributed by atoms with Crippen LogP contribution in [0.3, 0.4) is 0 Å². The van der Waals surface area contributed by atoms with Crippen LogP contribution in [0.25, 0.3) is 10.4 Å². The summed E-state index contributed by atoms with van der Waals surface area (Å²) in [5, 5.41) is 51.8. The molecule has 508 valence electrons. The minimum Gasteiger partial charge on any atom is -0.392 e. The number of amides is 4. The number of carbonyl (C=O) groups excluding carboxylic acids is 7. The zero-order valence-corrected chi connectivity index (χ0v) is 57.1. The molecule has 13 atom stereocenters. The van der Waals surface area contributed by atoms with Crippen molar-refractivity contribution in [1.29, 1.82) is 0 Å². The van der Waals surface area contributed by atoms with Crippen LogP contribution >= 0.6 is 11.3 Å². The van der Waals surface area contributed by atoms with E-state index in [9.17, 15) is 48.9 Å². The normalized spacial score (nSPS) is 27.4. The Bertz CT molecular complexity index is 3140. The molecule has 4 aliphatic carbocycles. The minimum absolute atomic E-state index is 0.0172. The summed E-state index contributed by atoms with van der Waals surface area (Å²) in [5.74, 6) is -2.39. The number of allylic oxidation sites excluding steroid dienone is 1. The number of nitrogens with zero attached hydrogens (tertiary/aromatic N) is 5. The lowest BCUT2D eigenvalue weighted by Gasteiger charge is -2.61. The SMILES string of the molecule is Cc1ncsc1-c1ccc([C@H](C)NC(=O)[C@@H]2C[C@@H](O)CN2C(=O)[C@@H](NC(=O)CCCc2cn(CCOCCOCCOCCOCCNC(=O)[C@H](C)CC(=O)C[C@@H](C)[C@H]3C[C@H](O)[C@@]4(C)C5=C(C(=O)C[C@]34C)[C@@]3(C)CCC(=O)C(C)(C)[C@@H]3C[C@@H]5O)nn2)C(C)(C)C)cc1. The third-order valence-electron chi connectivity index (χ3n) is 21.2. The predicted molar refractivity (Wildman–Crippen MR) is 345 cm³/mol. The van der Waals surface area contributed by atoms with Crippen molar-refractivity contribution in [1.82, 2.24) is 40.8 Å². The second-order valence-corrected chi connectivity index (χ2v) is 29.9. The van der Waals surface area contributed by atoms with Gasteiger partial charge in [-0.15, -0.1) is 16.4 Å². The van der Waals surface area contributed by atoms with E-state index in [2.05, 4.69) is 38.2 Å². The summed E-state index contributed by atoms with van der Waals surface area (Å²) in [6, 6.07) is 5.73. The van der Waals surface area contributed by atoms with Gasteiger partial charge in [0.05, 0.1) is 106 Å². The van der Waals surface area contributed by atoms with Crippen molar-refractivity contribution >= 4 is 52.3 Å². The topological polar surface area (TPSA) is 300 Å². The van der Waals surface area contributed by atoms with Gasteiger partial charge in [0.15, 0.2) is 5.78 Å². The first kappa shape index (κ1) is 72.2. The smallest absolute Gasteiger partial charge is 0.246 e. The van der Waals surface area contributed by atoms with Crippen LogP contribution in [-0.2, 0) is 65.5 Å². The van der Waals surface area contributed by atoms with Gasteiger partial charge in [-0.3, -0.25) is 33.6 Å². The average Bonchev–Trinajstić information content (AvgIpc) is 1.34. The number of β-amino-alcohol motifs (C(OH)–C–C–N with tert-alkyl or cyclic N) is 1. The molecule has 92 heavy (non-hydrogen) atoms. The molecule has 3 aromatic rings. The Balaban J connectivity index is 0.637. The summed E-state index contributed by atoms with van der Waals surface area (Å²) >= 11 is 1.57. The molecule has 23 heteroatoms. The monoisotopic (exact) mass is 1300 g/mol. The molecule has 0 bridgehead atoms. The molecule has 1 aromatic carbocycles. The maximum absolute atomic E-state index is 14.4. The fourth-order valence-corrected chi connectivity index (χ4v) is 16.6. The van der Waals surface area contributed by atoms with Gasteiger partial charge in [0.1, 0.15) is 23.7 Å². The van der Waals surface area contributed by atoms with Crippen LogP contribution in [0.5, 0.6) is 0 Å². The van der Waals surface area contributed by atoms with E-state index in [0.717, 1.165) is 21.7 Å². The lowest BCUT2D eigenvalue weighted by atomic mass is 9.42. The van der Waals surface area contributed by atoms with Crippen molar-refractivity contribution in [3.8, 4) is 10.4 Å². The molecule has 2 saturated carbocycles. The van der Waals surface area contributed by atoms with E-state index in [4.69, 9.17) is 18.9 Å². The van der Waals surface area contributed by atoms with Gasteiger partial charge >= 0.3 is 0 Å². The first-order valence-electron chi connectivity index (χ1n) is 33.2. The number of thiazole rings is 1. The number of fused-ring (bicyclic) bond motifs is 4. The molecule has 3 heterocycles. The Labute approximate surface area is 546 Å². The highest BCUT2D eigenvalue weighted by Crippen LogP contribution is 2.71. The standard InChI is InChI=1S/C69H102N8O14S/c1-41(50-35-56(83)69(12)59-52(80)36-54-66(8,9)55(82)20-21-67(54,10)58(59)53(81)37-68(50,69)11)32-48(78)33-42(2)62(85)70-22-24-88-26-28-90-30-31-91-29-27-89-25-23-76-38-47(74-75-76)14-13-15-57(84)73-61(65(5,6)7)64(87)77-39-49(79)34-51(77)63(86)72-43(3)45-16-18-46(19-17-45)60-44(4)71-40-92-60/h16-19,38,40-43,49-52,54,56,61,79-80,83H,13-15,20-37,39H2,1-12H3,(H,70,85)(H,72,86)(H,73,84)/t41-,42-,43+,49-,50-,51+,52+,54+,56+,61-,67+,68-,69+/m1/s1. The lowest BCUT2D eigenvalue weighted by molar-refractivity contribution is -0.146. The molecule has 0 spiro atoms. The third kappa shape index (κ3) is 16.0. The number of nitrogens with one attached hydrogen (secondary N) is 3. The molecule has 1 aliphatic heterocycles. The number of rotatable bonds is 31. The molecule has 5 aliphatic rings. The van der Waals surface area contributed by atoms with Gasteiger partial charge in [0, 0.05) is 85.5 Å². The molecule has 8 rings (SSSR count). The van der Waals surface area contributed by atoms with Crippen LogP contribution in [0.4, 0.5) is 0 Å². The number of aliphatic hydroxyl groups excluding tert-OH is 3. The highest BCUT2D eigenvalue weighted by molar-refractivity contribution is 7.13. The molecule has 1 saturated heterocycles. The van der Waals surface area contributed by atoms with Gasteiger partial charge in [-0.1, -0.05) is 98.7 Å². The summed E-state index contributed by atoms with van der Waals surface area (Å²) < 4.78 is 24.3. The predicted octanol–water partition coefficient (Wildman–Crippen LogP) is 6.65.